The minimum absolute atomic E-state index is 0.0361. The van der Waals surface area contributed by atoms with Crippen LogP contribution >= 0.6 is 11.3 Å². The van der Waals surface area contributed by atoms with E-state index in [4.69, 9.17) is 0 Å². The second-order valence-corrected chi connectivity index (χ2v) is 6.92. The average molecular weight is 354 g/mol. The van der Waals surface area contributed by atoms with Gasteiger partial charge in [0.25, 0.3) is 11.6 Å². The SMILES string of the molecule is CCCc1c(C(=O)Nc2cc([N+](=O)[O-])ccc2C)sc2ccccc12. The number of nitrogens with one attached hydrogen (secondary N) is 1. The van der Waals surface area contributed by atoms with Crippen molar-refractivity contribution in [1.29, 1.82) is 0 Å². The zero-order valence-corrected chi connectivity index (χ0v) is 14.9. The van der Waals surface area contributed by atoms with Crippen LogP contribution in [0.15, 0.2) is 42.5 Å². The first-order valence-corrected chi connectivity index (χ1v) is 8.89. The molecule has 0 bridgehead atoms. The number of fused-ring (bicyclic) bond motifs is 1. The number of thiophene rings is 1. The van der Waals surface area contributed by atoms with Crippen LogP contribution in [0.3, 0.4) is 0 Å². The molecule has 0 saturated heterocycles. The maximum atomic E-state index is 12.8. The van der Waals surface area contributed by atoms with Gasteiger partial charge in [-0.05, 0) is 35.9 Å². The van der Waals surface area contributed by atoms with E-state index in [1.165, 1.54) is 23.5 Å². The maximum absolute atomic E-state index is 12.8. The Bertz CT molecular complexity index is 962. The number of benzene rings is 2. The highest BCUT2D eigenvalue weighted by Gasteiger charge is 2.19. The number of anilines is 1. The van der Waals surface area contributed by atoms with E-state index >= 15 is 0 Å². The molecule has 5 nitrogen and oxygen atoms in total. The van der Waals surface area contributed by atoms with Gasteiger partial charge in [-0.15, -0.1) is 11.3 Å². The zero-order chi connectivity index (χ0) is 18.0. The number of aryl methyl sites for hydroxylation is 2. The molecule has 2 aromatic carbocycles. The topological polar surface area (TPSA) is 72.2 Å². The molecule has 0 aliphatic carbocycles. The van der Waals surface area contributed by atoms with E-state index in [0.717, 1.165) is 34.1 Å². The van der Waals surface area contributed by atoms with E-state index in [9.17, 15) is 14.9 Å². The first-order valence-electron chi connectivity index (χ1n) is 8.08. The predicted molar refractivity (Wildman–Crippen MR) is 102 cm³/mol. The van der Waals surface area contributed by atoms with Crippen molar-refractivity contribution in [2.75, 3.05) is 5.32 Å². The number of nitro groups is 1. The summed E-state index contributed by atoms with van der Waals surface area (Å²) in [7, 11) is 0. The number of amides is 1. The summed E-state index contributed by atoms with van der Waals surface area (Å²) >= 11 is 1.46. The van der Waals surface area contributed by atoms with E-state index in [0.29, 0.717) is 10.6 Å². The lowest BCUT2D eigenvalue weighted by molar-refractivity contribution is -0.384. The Balaban J connectivity index is 1.99. The van der Waals surface area contributed by atoms with Gasteiger partial charge in [0, 0.05) is 16.8 Å². The molecule has 1 heterocycles. The van der Waals surface area contributed by atoms with Crippen LogP contribution < -0.4 is 5.32 Å². The van der Waals surface area contributed by atoms with Crippen LogP contribution in [0.4, 0.5) is 11.4 Å². The monoisotopic (exact) mass is 354 g/mol. The molecule has 3 rings (SSSR count). The van der Waals surface area contributed by atoms with Gasteiger partial charge < -0.3 is 5.32 Å². The lowest BCUT2D eigenvalue weighted by Crippen LogP contribution is -2.13. The lowest BCUT2D eigenvalue weighted by atomic mass is 10.1. The minimum atomic E-state index is -0.461. The number of carbonyl (C=O) groups excluding carboxylic acids is 1. The summed E-state index contributed by atoms with van der Waals surface area (Å²) in [6.45, 7) is 3.90. The highest BCUT2D eigenvalue weighted by molar-refractivity contribution is 7.21. The summed E-state index contributed by atoms with van der Waals surface area (Å²) in [6.07, 6.45) is 1.76. The molecule has 0 spiro atoms. The van der Waals surface area contributed by atoms with Gasteiger partial charge in [0.2, 0.25) is 0 Å². The number of carbonyl (C=O) groups is 1. The summed E-state index contributed by atoms with van der Waals surface area (Å²) in [6, 6.07) is 12.5. The lowest BCUT2D eigenvalue weighted by Gasteiger charge is -2.09. The fourth-order valence-electron chi connectivity index (χ4n) is 2.82. The summed E-state index contributed by atoms with van der Waals surface area (Å²) in [5, 5.41) is 14.9. The van der Waals surface area contributed by atoms with Gasteiger partial charge in [-0.25, -0.2) is 0 Å². The molecule has 0 aliphatic heterocycles. The number of nitro benzene ring substituents is 1. The van der Waals surface area contributed by atoms with E-state index < -0.39 is 4.92 Å². The molecule has 1 aromatic heterocycles. The Hall–Kier alpha value is -2.73. The third kappa shape index (κ3) is 3.39. The van der Waals surface area contributed by atoms with Crippen LogP contribution in [-0.4, -0.2) is 10.8 Å². The van der Waals surface area contributed by atoms with E-state index in [1.54, 1.807) is 6.07 Å². The van der Waals surface area contributed by atoms with Gasteiger partial charge in [0.05, 0.1) is 15.5 Å². The van der Waals surface area contributed by atoms with Crippen LogP contribution in [0.1, 0.15) is 34.1 Å². The van der Waals surface area contributed by atoms with Crippen molar-refractivity contribution in [2.45, 2.75) is 26.7 Å². The van der Waals surface area contributed by atoms with Crippen molar-refractivity contribution < 1.29 is 9.72 Å². The largest absolute Gasteiger partial charge is 0.321 e. The molecule has 25 heavy (non-hydrogen) atoms. The fraction of sp³-hybridized carbons (Fsp3) is 0.211. The van der Waals surface area contributed by atoms with Gasteiger partial charge in [-0.2, -0.15) is 0 Å². The van der Waals surface area contributed by atoms with Gasteiger partial charge in [-0.3, -0.25) is 14.9 Å². The number of nitrogens with zero attached hydrogens (tertiary/aromatic N) is 1. The van der Waals surface area contributed by atoms with Gasteiger partial charge in [0.15, 0.2) is 0 Å². The molecule has 6 heteroatoms. The standard InChI is InChI=1S/C19H18N2O3S/c1-3-6-15-14-7-4-5-8-17(14)25-18(15)19(22)20-16-11-13(21(23)24)10-9-12(16)2/h4-5,7-11H,3,6H2,1-2H3,(H,20,22). The van der Waals surface area contributed by atoms with Gasteiger partial charge in [-0.1, -0.05) is 37.6 Å². The molecule has 0 fully saturated rings. The van der Waals surface area contributed by atoms with Crippen LogP contribution in [0.25, 0.3) is 10.1 Å². The summed E-state index contributed by atoms with van der Waals surface area (Å²) in [5.74, 6) is -0.215. The molecule has 0 unspecified atom stereocenters. The molecule has 0 saturated carbocycles. The smallest absolute Gasteiger partial charge is 0.271 e. The van der Waals surface area contributed by atoms with Crippen LogP contribution in [0, 0.1) is 17.0 Å². The van der Waals surface area contributed by atoms with Crippen LogP contribution in [0.5, 0.6) is 0 Å². The predicted octanol–water partition coefficient (Wildman–Crippen LogP) is 5.32. The third-order valence-corrected chi connectivity index (χ3v) is 5.30. The minimum Gasteiger partial charge on any atom is -0.321 e. The van der Waals surface area contributed by atoms with Crippen molar-refractivity contribution >= 4 is 38.7 Å². The summed E-state index contributed by atoms with van der Waals surface area (Å²) < 4.78 is 1.08. The highest BCUT2D eigenvalue weighted by atomic mass is 32.1. The van der Waals surface area contributed by atoms with Gasteiger partial charge >= 0.3 is 0 Å². The molecule has 1 amide bonds. The highest BCUT2D eigenvalue weighted by Crippen LogP contribution is 2.33. The van der Waals surface area contributed by atoms with Crippen molar-refractivity contribution in [3.63, 3.8) is 0 Å². The molecule has 1 N–H and O–H groups in total. The molecule has 3 aromatic rings. The van der Waals surface area contributed by atoms with Gasteiger partial charge in [0.1, 0.15) is 0 Å². The molecule has 128 valence electrons. The summed E-state index contributed by atoms with van der Waals surface area (Å²) in [5.41, 5.74) is 2.27. The van der Waals surface area contributed by atoms with Crippen molar-refractivity contribution in [3.05, 3.63) is 68.6 Å². The molecular formula is C19H18N2O3S. The Kier molecular flexibility index (Phi) is 4.81. The first kappa shape index (κ1) is 17.1. The van der Waals surface area contributed by atoms with E-state index in [-0.39, 0.29) is 11.6 Å². The Morgan fingerprint density at radius 2 is 2.00 bits per heavy atom. The van der Waals surface area contributed by atoms with E-state index in [2.05, 4.69) is 12.2 Å². The van der Waals surface area contributed by atoms with Crippen LogP contribution in [-0.2, 0) is 6.42 Å². The van der Waals surface area contributed by atoms with E-state index in [1.807, 2.05) is 31.2 Å². The molecular weight excluding hydrogens is 336 g/mol. The Morgan fingerprint density at radius 3 is 2.72 bits per heavy atom. The normalized spacial score (nSPS) is 10.8. The first-order chi connectivity index (χ1) is 12.0. The fourth-order valence-corrected chi connectivity index (χ4v) is 3.96. The van der Waals surface area contributed by atoms with Crippen LogP contribution in [0.2, 0.25) is 0 Å². The number of rotatable bonds is 5. The molecule has 0 aliphatic rings. The summed E-state index contributed by atoms with van der Waals surface area (Å²) in [4.78, 5) is 24.0. The second kappa shape index (κ2) is 7.03. The Morgan fingerprint density at radius 1 is 1.24 bits per heavy atom. The van der Waals surface area contributed by atoms with Crippen molar-refractivity contribution in [3.8, 4) is 0 Å². The average Bonchev–Trinajstić information content (AvgIpc) is 2.96. The quantitative estimate of drug-likeness (QED) is 0.497. The molecule has 0 atom stereocenters. The number of hydrogen-bond acceptors (Lipinski definition) is 4. The van der Waals surface area contributed by atoms with Crippen molar-refractivity contribution in [1.82, 2.24) is 0 Å². The molecule has 0 radical (unpaired) electrons. The second-order valence-electron chi connectivity index (χ2n) is 5.87. The van der Waals surface area contributed by atoms with Crippen molar-refractivity contribution in [2.24, 2.45) is 0 Å². The zero-order valence-electron chi connectivity index (χ0n) is 14.0. The number of non-ortho nitro benzene ring substituents is 1. The number of hydrogen-bond donors (Lipinski definition) is 1. The maximum Gasteiger partial charge on any atom is 0.271 e. The Labute approximate surface area is 149 Å². The third-order valence-electron chi connectivity index (χ3n) is 4.08.